The van der Waals surface area contributed by atoms with Crippen molar-refractivity contribution in [1.29, 1.82) is 0 Å². The quantitative estimate of drug-likeness (QED) is 0.480. The number of anilines is 1. The molecule has 0 bridgehead atoms. The van der Waals surface area contributed by atoms with Crippen molar-refractivity contribution in [2.24, 2.45) is 0 Å². The minimum absolute atomic E-state index is 0.128. The first kappa shape index (κ1) is 17.9. The van der Waals surface area contributed by atoms with Gasteiger partial charge in [0, 0.05) is 23.5 Å². The zero-order valence-electron chi connectivity index (χ0n) is 15.9. The number of aromatic nitrogens is 1. The lowest BCUT2D eigenvalue weighted by Gasteiger charge is -2.29. The van der Waals surface area contributed by atoms with Gasteiger partial charge < -0.3 is 15.5 Å². The van der Waals surface area contributed by atoms with Crippen LogP contribution in [0.3, 0.4) is 0 Å². The van der Waals surface area contributed by atoms with Crippen LogP contribution in [-0.4, -0.2) is 21.1 Å². The van der Waals surface area contributed by atoms with Gasteiger partial charge in [0.2, 0.25) is 5.91 Å². The molecule has 5 rings (SSSR count). The lowest BCUT2D eigenvalue weighted by Crippen LogP contribution is -2.36. The van der Waals surface area contributed by atoms with Crippen molar-refractivity contribution < 1.29 is 15.0 Å². The zero-order valence-corrected chi connectivity index (χ0v) is 15.9. The number of rotatable bonds is 3. The summed E-state index contributed by atoms with van der Waals surface area (Å²) in [6, 6.07) is 23.0. The van der Waals surface area contributed by atoms with Crippen molar-refractivity contribution in [1.82, 2.24) is 4.98 Å². The summed E-state index contributed by atoms with van der Waals surface area (Å²) in [5.74, 6) is 0.0722. The van der Waals surface area contributed by atoms with E-state index in [4.69, 9.17) is 0 Å². The Hall–Kier alpha value is -4.12. The number of hydrogen-bond acceptors (Lipinski definition) is 4. The number of phenolic OH excluding ortho intramolecular Hbond substituents is 2. The third-order valence-electron chi connectivity index (χ3n) is 5.64. The maximum absolute atomic E-state index is 13.7. The molecule has 0 saturated carbocycles. The normalized spacial score (nSPS) is 14.2. The third kappa shape index (κ3) is 2.56. The van der Waals surface area contributed by atoms with E-state index in [-0.39, 0.29) is 17.4 Å². The van der Waals surface area contributed by atoms with E-state index in [2.05, 4.69) is 10.3 Å². The second-order valence-electron chi connectivity index (χ2n) is 7.26. The predicted octanol–water partition coefficient (Wildman–Crippen LogP) is 4.45. The Morgan fingerprint density at radius 2 is 1.30 bits per heavy atom. The van der Waals surface area contributed by atoms with E-state index in [0.29, 0.717) is 0 Å². The summed E-state index contributed by atoms with van der Waals surface area (Å²) < 4.78 is 0. The highest BCUT2D eigenvalue weighted by molar-refractivity contribution is 6.14. The highest BCUT2D eigenvalue weighted by atomic mass is 16.3. The number of fused-ring (bicyclic) bond motifs is 1. The van der Waals surface area contributed by atoms with Crippen LogP contribution >= 0.6 is 0 Å². The molecule has 3 aromatic carbocycles. The van der Waals surface area contributed by atoms with Gasteiger partial charge in [-0.3, -0.25) is 9.78 Å². The molecule has 0 aliphatic carbocycles. The molecule has 0 fully saturated rings. The van der Waals surface area contributed by atoms with E-state index in [9.17, 15) is 15.0 Å². The number of pyridine rings is 1. The van der Waals surface area contributed by atoms with Crippen LogP contribution in [0.15, 0.2) is 91.3 Å². The van der Waals surface area contributed by atoms with Crippen LogP contribution in [0.25, 0.3) is 11.1 Å². The smallest absolute Gasteiger partial charge is 0.244 e. The van der Waals surface area contributed by atoms with E-state index in [1.807, 2.05) is 30.3 Å². The van der Waals surface area contributed by atoms with E-state index in [1.165, 1.54) is 0 Å². The first-order chi connectivity index (χ1) is 14.6. The molecule has 1 aromatic heterocycles. The Bertz CT molecular complexity index is 1190. The van der Waals surface area contributed by atoms with Crippen LogP contribution in [0.1, 0.15) is 16.7 Å². The number of nitrogens with one attached hydrogen (secondary N) is 1. The molecule has 0 radical (unpaired) electrons. The average molecular weight is 394 g/mol. The molecule has 146 valence electrons. The minimum Gasteiger partial charge on any atom is -0.508 e. The lowest BCUT2D eigenvalue weighted by molar-refractivity contribution is -0.118. The Morgan fingerprint density at radius 1 is 0.733 bits per heavy atom. The molecule has 5 heteroatoms. The van der Waals surface area contributed by atoms with Gasteiger partial charge in [0.05, 0.1) is 5.69 Å². The van der Waals surface area contributed by atoms with Gasteiger partial charge in [0.15, 0.2) is 0 Å². The van der Waals surface area contributed by atoms with Crippen molar-refractivity contribution in [3.8, 4) is 22.6 Å². The largest absolute Gasteiger partial charge is 0.508 e. The number of carbonyl (C=O) groups is 1. The third-order valence-corrected chi connectivity index (χ3v) is 5.64. The fraction of sp³-hybridized carbons (Fsp3) is 0.0400. The van der Waals surface area contributed by atoms with Gasteiger partial charge in [0.25, 0.3) is 0 Å². The molecular formula is C25H18N2O3. The Balaban J connectivity index is 1.83. The minimum atomic E-state index is -1.11. The van der Waals surface area contributed by atoms with Gasteiger partial charge in [-0.2, -0.15) is 0 Å². The molecule has 0 spiro atoms. The van der Waals surface area contributed by atoms with E-state index >= 15 is 0 Å². The first-order valence-corrected chi connectivity index (χ1v) is 9.55. The summed E-state index contributed by atoms with van der Waals surface area (Å²) in [4.78, 5) is 17.7. The average Bonchev–Trinajstić information content (AvgIpc) is 3.08. The number of aromatic hydroxyl groups is 2. The molecular weight excluding hydrogens is 376 g/mol. The molecule has 1 aliphatic rings. The first-order valence-electron chi connectivity index (χ1n) is 9.55. The maximum atomic E-state index is 13.7. The summed E-state index contributed by atoms with van der Waals surface area (Å²) in [5, 5.41) is 22.7. The molecule has 1 amide bonds. The summed E-state index contributed by atoms with van der Waals surface area (Å²) in [6.45, 7) is 0. The number of carbonyl (C=O) groups excluding carboxylic acids is 1. The molecule has 2 heterocycles. The Morgan fingerprint density at radius 3 is 1.87 bits per heavy atom. The predicted molar refractivity (Wildman–Crippen MR) is 114 cm³/mol. The van der Waals surface area contributed by atoms with Gasteiger partial charge in [0.1, 0.15) is 16.9 Å². The van der Waals surface area contributed by atoms with Crippen molar-refractivity contribution in [3.63, 3.8) is 0 Å². The van der Waals surface area contributed by atoms with Gasteiger partial charge in [-0.1, -0.05) is 42.5 Å². The number of phenols is 2. The Kier molecular flexibility index (Phi) is 4.03. The van der Waals surface area contributed by atoms with Gasteiger partial charge in [-0.25, -0.2) is 0 Å². The monoisotopic (exact) mass is 394 g/mol. The van der Waals surface area contributed by atoms with Gasteiger partial charge in [-0.05, 0) is 53.1 Å². The topological polar surface area (TPSA) is 82.5 Å². The molecule has 30 heavy (non-hydrogen) atoms. The van der Waals surface area contributed by atoms with Crippen molar-refractivity contribution in [3.05, 3.63) is 108 Å². The molecule has 4 aromatic rings. The molecule has 5 nitrogen and oxygen atoms in total. The van der Waals surface area contributed by atoms with Crippen LogP contribution in [0.5, 0.6) is 11.5 Å². The summed E-state index contributed by atoms with van der Waals surface area (Å²) in [7, 11) is 0. The van der Waals surface area contributed by atoms with Crippen LogP contribution in [0.4, 0.5) is 5.69 Å². The maximum Gasteiger partial charge on any atom is 0.244 e. The highest BCUT2D eigenvalue weighted by Crippen LogP contribution is 2.50. The van der Waals surface area contributed by atoms with Crippen molar-refractivity contribution >= 4 is 11.6 Å². The number of benzene rings is 3. The lowest BCUT2D eigenvalue weighted by atomic mass is 9.70. The second kappa shape index (κ2) is 6.74. The summed E-state index contributed by atoms with van der Waals surface area (Å²) in [5.41, 5.74) is 3.77. The van der Waals surface area contributed by atoms with Crippen LogP contribution in [-0.2, 0) is 10.2 Å². The molecule has 3 N–H and O–H groups in total. The van der Waals surface area contributed by atoms with Crippen LogP contribution in [0, 0.1) is 0 Å². The molecule has 0 unspecified atom stereocenters. The highest BCUT2D eigenvalue weighted by Gasteiger charge is 2.50. The van der Waals surface area contributed by atoms with Crippen LogP contribution in [0.2, 0.25) is 0 Å². The second-order valence-corrected chi connectivity index (χ2v) is 7.26. The Labute approximate surface area is 173 Å². The van der Waals surface area contributed by atoms with Gasteiger partial charge in [-0.15, -0.1) is 0 Å². The van der Waals surface area contributed by atoms with Crippen molar-refractivity contribution in [2.75, 3.05) is 5.32 Å². The number of hydrogen-bond donors (Lipinski definition) is 3. The van der Waals surface area contributed by atoms with Gasteiger partial charge >= 0.3 is 0 Å². The van der Waals surface area contributed by atoms with Crippen molar-refractivity contribution in [2.45, 2.75) is 5.41 Å². The van der Waals surface area contributed by atoms with E-state index in [1.54, 1.807) is 60.9 Å². The van der Waals surface area contributed by atoms with E-state index < -0.39 is 5.41 Å². The molecule has 0 atom stereocenters. The SMILES string of the molecule is O=C1Nc2c(-c3ccncc3)cccc2C1(c1ccc(O)cc1)c1ccc(O)cc1. The van der Waals surface area contributed by atoms with Crippen LogP contribution < -0.4 is 5.32 Å². The standard InChI is InChI=1S/C25H18N2O3/c28-19-8-4-17(5-9-19)25(18-6-10-20(29)11-7-18)22-3-1-2-21(23(22)27-24(25)30)16-12-14-26-15-13-16/h1-15,28-29H,(H,27,30). The fourth-order valence-electron chi connectivity index (χ4n) is 4.26. The summed E-state index contributed by atoms with van der Waals surface area (Å²) in [6.07, 6.45) is 3.44. The summed E-state index contributed by atoms with van der Waals surface area (Å²) >= 11 is 0. The van der Waals surface area contributed by atoms with E-state index in [0.717, 1.165) is 33.5 Å². The number of amides is 1. The fourth-order valence-corrected chi connectivity index (χ4v) is 4.26. The number of nitrogens with zero attached hydrogens (tertiary/aromatic N) is 1. The number of para-hydroxylation sites is 1. The molecule has 1 aliphatic heterocycles. The molecule has 0 saturated heterocycles. The zero-order chi connectivity index (χ0) is 20.7.